The molecule has 0 saturated carbocycles. The quantitative estimate of drug-likeness (QED) is 0.481. The maximum atomic E-state index is 11.3. The third-order valence-electron chi connectivity index (χ3n) is 2.74. The van der Waals surface area contributed by atoms with Gasteiger partial charge < -0.3 is 4.79 Å². The highest BCUT2D eigenvalue weighted by Crippen LogP contribution is 2.22. The summed E-state index contributed by atoms with van der Waals surface area (Å²) >= 11 is 7.44. The number of halogens is 1. The molecule has 98 valence electrons. The lowest BCUT2D eigenvalue weighted by molar-refractivity contribution is -0.109. The molecule has 5 heteroatoms. The van der Waals surface area contributed by atoms with Crippen LogP contribution >= 0.6 is 23.4 Å². The van der Waals surface area contributed by atoms with Crippen LogP contribution in [0.1, 0.15) is 17.2 Å². The van der Waals surface area contributed by atoms with Gasteiger partial charge in [-0.05, 0) is 30.0 Å². The van der Waals surface area contributed by atoms with Gasteiger partial charge in [-0.2, -0.15) is 0 Å². The number of nitrogens with zero attached hydrogens (tertiary/aromatic N) is 2. The number of carbonyl (C=O) groups is 1. The molecule has 0 amide bonds. The predicted molar refractivity (Wildman–Crippen MR) is 77.8 cm³/mol. The van der Waals surface area contributed by atoms with Gasteiger partial charge >= 0.3 is 0 Å². The highest BCUT2D eigenvalue weighted by Gasteiger charge is 2.13. The van der Waals surface area contributed by atoms with Crippen molar-refractivity contribution in [3.05, 3.63) is 52.8 Å². The van der Waals surface area contributed by atoms with Gasteiger partial charge in [-0.25, -0.2) is 9.97 Å². The summed E-state index contributed by atoms with van der Waals surface area (Å²) in [5, 5.41) is 1.35. The predicted octanol–water partition coefficient (Wildman–Crippen LogP) is 3.38. The Bertz CT molecular complexity index is 577. The Morgan fingerprint density at radius 1 is 1.42 bits per heavy atom. The fraction of sp³-hybridized carbons (Fsp3) is 0.214. The molecule has 1 aromatic carbocycles. The minimum atomic E-state index is -0.233. The van der Waals surface area contributed by atoms with Gasteiger partial charge in [0.05, 0.1) is 0 Å². The molecule has 0 aliphatic rings. The van der Waals surface area contributed by atoms with E-state index in [0.717, 1.165) is 17.5 Å². The number of rotatable bonds is 5. The second-order valence-corrected chi connectivity index (χ2v) is 5.25. The number of aromatic nitrogens is 2. The van der Waals surface area contributed by atoms with Crippen LogP contribution in [-0.2, 0) is 11.2 Å². The van der Waals surface area contributed by atoms with Crippen LogP contribution in [0, 0.1) is 0 Å². The first-order valence-electron chi connectivity index (χ1n) is 5.79. The molecule has 0 radical (unpaired) electrons. The molecule has 0 N–H and O–H groups in total. The van der Waals surface area contributed by atoms with Gasteiger partial charge in [0.2, 0.25) is 0 Å². The van der Waals surface area contributed by atoms with E-state index < -0.39 is 0 Å². The number of carbonyl (C=O) groups excluding carboxylic acids is 1. The maximum Gasteiger partial charge on any atom is 0.187 e. The Morgan fingerprint density at radius 3 is 2.95 bits per heavy atom. The summed E-state index contributed by atoms with van der Waals surface area (Å²) < 4.78 is 0. The van der Waals surface area contributed by atoms with Crippen molar-refractivity contribution in [1.82, 2.24) is 9.97 Å². The van der Waals surface area contributed by atoms with E-state index in [9.17, 15) is 4.79 Å². The zero-order valence-corrected chi connectivity index (χ0v) is 12.0. The molecule has 0 spiro atoms. The first-order chi connectivity index (χ1) is 9.22. The minimum Gasteiger partial charge on any atom is -0.303 e. The van der Waals surface area contributed by atoms with E-state index in [1.165, 1.54) is 11.8 Å². The third kappa shape index (κ3) is 3.78. The van der Waals surface area contributed by atoms with Crippen molar-refractivity contribution in [2.45, 2.75) is 17.5 Å². The smallest absolute Gasteiger partial charge is 0.187 e. The Labute approximate surface area is 121 Å². The summed E-state index contributed by atoms with van der Waals surface area (Å²) in [7, 11) is 0. The van der Waals surface area contributed by atoms with Crippen LogP contribution in [0.2, 0.25) is 5.02 Å². The van der Waals surface area contributed by atoms with Crippen LogP contribution in [0.25, 0.3) is 0 Å². The summed E-state index contributed by atoms with van der Waals surface area (Å²) in [6, 6.07) is 9.20. The van der Waals surface area contributed by atoms with Crippen LogP contribution in [0.5, 0.6) is 0 Å². The van der Waals surface area contributed by atoms with Crippen molar-refractivity contribution in [1.29, 1.82) is 0 Å². The van der Waals surface area contributed by atoms with Gasteiger partial charge in [0.1, 0.15) is 6.29 Å². The van der Waals surface area contributed by atoms with Gasteiger partial charge in [0.15, 0.2) is 5.16 Å². The lowest BCUT2D eigenvalue weighted by Gasteiger charge is -2.10. The normalized spacial score (nSPS) is 12.1. The van der Waals surface area contributed by atoms with Crippen LogP contribution in [0.3, 0.4) is 0 Å². The summed E-state index contributed by atoms with van der Waals surface area (Å²) in [5.41, 5.74) is 1.77. The SMILES string of the molecule is CSc1nccc(CC(C=O)c2cccc(Cl)c2)n1. The second-order valence-electron chi connectivity index (χ2n) is 4.04. The molecular weight excluding hydrogens is 280 g/mol. The van der Waals surface area contributed by atoms with Crippen molar-refractivity contribution in [3.8, 4) is 0 Å². The molecule has 1 aromatic heterocycles. The van der Waals surface area contributed by atoms with E-state index >= 15 is 0 Å². The molecule has 2 aromatic rings. The molecule has 1 heterocycles. The zero-order valence-electron chi connectivity index (χ0n) is 10.4. The van der Waals surface area contributed by atoms with E-state index in [0.29, 0.717) is 16.6 Å². The molecule has 0 bridgehead atoms. The Kier molecular flexibility index (Phi) is 4.93. The van der Waals surface area contributed by atoms with Gasteiger partial charge in [-0.3, -0.25) is 0 Å². The summed E-state index contributed by atoms with van der Waals surface area (Å²) in [6.07, 6.45) is 5.13. The van der Waals surface area contributed by atoms with Crippen molar-refractivity contribution in [2.75, 3.05) is 6.26 Å². The Balaban J connectivity index is 2.21. The first kappa shape index (κ1) is 14.0. The topological polar surface area (TPSA) is 42.9 Å². The fourth-order valence-corrected chi connectivity index (χ4v) is 2.37. The standard InChI is InChI=1S/C14H13ClN2OS/c1-19-14-16-6-5-13(17-14)8-11(9-18)10-3-2-4-12(15)7-10/h2-7,9,11H,8H2,1H3. The van der Waals surface area contributed by atoms with Crippen molar-refractivity contribution in [2.24, 2.45) is 0 Å². The maximum absolute atomic E-state index is 11.3. The number of thioether (sulfide) groups is 1. The van der Waals surface area contributed by atoms with Crippen LogP contribution < -0.4 is 0 Å². The lowest BCUT2D eigenvalue weighted by Crippen LogP contribution is -2.06. The molecule has 0 fully saturated rings. The number of benzene rings is 1. The fourth-order valence-electron chi connectivity index (χ4n) is 1.80. The minimum absolute atomic E-state index is 0.233. The van der Waals surface area contributed by atoms with Crippen molar-refractivity contribution in [3.63, 3.8) is 0 Å². The van der Waals surface area contributed by atoms with Gasteiger partial charge in [0, 0.05) is 29.3 Å². The van der Waals surface area contributed by atoms with E-state index in [4.69, 9.17) is 11.6 Å². The third-order valence-corrected chi connectivity index (χ3v) is 3.54. The molecule has 0 aliphatic heterocycles. The molecule has 3 nitrogen and oxygen atoms in total. The van der Waals surface area contributed by atoms with Gasteiger partial charge in [-0.1, -0.05) is 35.5 Å². The molecule has 2 rings (SSSR count). The average molecular weight is 293 g/mol. The lowest BCUT2D eigenvalue weighted by atomic mass is 9.96. The van der Waals surface area contributed by atoms with Crippen molar-refractivity contribution >= 4 is 29.6 Å². The van der Waals surface area contributed by atoms with Crippen LogP contribution in [-0.4, -0.2) is 22.5 Å². The number of hydrogen-bond donors (Lipinski definition) is 0. The highest BCUT2D eigenvalue weighted by molar-refractivity contribution is 7.98. The Hall–Kier alpha value is -1.39. The van der Waals surface area contributed by atoms with Crippen LogP contribution in [0.15, 0.2) is 41.7 Å². The monoisotopic (exact) mass is 292 g/mol. The molecular formula is C14H13ClN2OS. The Morgan fingerprint density at radius 2 is 2.26 bits per heavy atom. The average Bonchev–Trinajstić information content (AvgIpc) is 2.45. The van der Waals surface area contributed by atoms with Crippen molar-refractivity contribution < 1.29 is 4.79 Å². The summed E-state index contributed by atoms with van der Waals surface area (Å²) in [5.74, 6) is -0.233. The van der Waals surface area contributed by atoms with E-state index in [1.54, 1.807) is 12.3 Å². The number of aldehydes is 1. The number of hydrogen-bond acceptors (Lipinski definition) is 4. The highest BCUT2D eigenvalue weighted by atomic mass is 35.5. The zero-order chi connectivity index (χ0) is 13.7. The molecule has 1 unspecified atom stereocenters. The van der Waals surface area contributed by atoms with Gasteiger partial charge in [-0.15, -0.1) is 0 Å². The molecule has 19 heavy (non-hydrogen) atoms. The first-order valence-corrected chi connectivity index (χ1v) is 7.40. The van der Waals surface area contributed by atoms with E-state index in [1.807, 2.05) is 30.5 Å². The molecule has 0 saturated heterocycles. The summed E-state index contributed by atoms with van der Waals surface area (Å²) in [6.45, 7) is 0. The second kappa shape index (κ2) is 6.68. The largest absolute Gasteiger partial charge is 0.303 e. The van der Waals surface area contributed by atoms with E-state index in [2.05, 4.69) is 9.97 Å². The van der Waals surface area contributed by atoms with Gasteiger partial charge in [0.25, 0.3) is 0 Å². The molecule has 1 atom stereocenters. The van der Waals surface area contributed by atoms with Crippen LogP contribution in [0.4, 0.5) is 0 Å². The molecule has 0 aliphatic carbocycles. The van der Waals surface area contributed by atoms with E-state index in [-0.39, 0.29) is 5.92 Å². The summed E-state index contributed by atoms with van der Waals surface area (Å²) in [4.78, 5) is 19.8.